The first-order chi connectivity index (χ1) is 9.44. The Kier molecular flexibility index (Phi) is 9.71. The molecule has 1 N–H and O–H groups in total. The number of amides is 1. The fourth-order valence-corrected chi connectivity index (χ4v) is 2.97. The molecule has 0 aromatic heterocycles. The lowest BCUT2D eigenvalue weighted by Crippen LogP contribution is -2.49. The second-order valence-corrected chi connectivity index (χ2v) is 6.99. The minimum absolute atomic E-state index is 0. The Morgan fingerprint density at radius 2 is 1.82 bits per heavy atom. The van der Waals surface area contributed by atoms with Crippen LogP contribution in [0.15, 0.2) is 0 Å². The zero-order chi connectivity index (χ0) is 14.6. The molecule has 2 fully saturated rings. The van der Waals surface area contributed by atoms with Gasteiger partial charge in [0.25, 0.3) is 0 Å². The maximum atomic E-state index is 12.1. The van der Waals surface area contributed by atoms with Gasteiger partial charge in [-0.25, -0.2) is 4.79 Å². The highest BCUT2D eigenvalue weighted by atomic mass is 35.5. The third kappa shape index (κ3) is 7.36. The second kappa shape index (κ2) is 9.81. The van der Waals surface area contributed by atoms with E-state index in [2.05, 4.69) is 10.2 Å². The highest BCUT2D eigenvalue weighted by Crippen LogP contribution is 2.20. The summed E-state index contributed by atoms with van der Waals surface area (Å²) in [4.78, 5) is 16.5. The summed E-state index contributed by atoms with van der Waals surface area (Å²) in [6.07, 6.45) is 2.17. The lowest BCUT2D eigenvalue weighted by atomic mass is 9.97. The van der Waals surface area contributed by atoms with Gasteiger partial charge in [-0.3, -0.25) is 0 Å². The quantitative estimate of drug-likeness (QED) is 0.825. The van der Waals surface area contributed by atoms with Crippen LogP contribution in [0.4, 0.5) is 4.79 Å². The molecule has 2 aliphatic heterocycles. The Balaban J connectivity index is 0.00000220. The molecule has 0 radical (unpaired) electrons. The molecule has 0 saturated carbocycles. The number of piperidine rings is 1. The lowest BCUT2D eigenvalue weighted by Gasteiger charge is -2.37. The first-order valence-electron chi connectivity index (χ1n) is 7.85. The van der Waals surface area contributed by atoms with Crippen LogP contribution in [0.2, 0.25) is 0 Å². The largest absolute Gasteiger partial charge is 0.444 e. The van der Waals surface area contributed by atoms with Gasteiger partial charge in [0.1, 0.15) is 5.60 Å². The third-order valence-electron chi connectivity index (χ3n) is 3.90. The van der Waals surface area contributed by atoms with Crippen molar-refractivity contribution in [1.82, 2.24) is 15.1 Å². The van der Waals surface area contributed by atoms with Crippen molar-refractivity contribution in [3.05, 3.63) is 0 Å². The molecule has 1 amide bonds. The standard InChI is InChI=1S/C15H29N3O2.2ClH/c1-15(2,3)20-14(19)18-8-4-5-13(12-18)11-17-9-6-16-7-10-17;;/h13,16H,4-12H2,1-3H3;2*1H. The molecule has 1 unspecified atom stereocenters. The van der Waals surface area contributed by atoms with Crippen LogP contribution in [0.5, 0.6) is 0 Å². The van der Waals surface area contributed by atoms with E-state index in [-0.39, 0.29) is 30.9 Å². The highest BCUT2D eigenvalue weighted by Gasteiger charge is 2.28. The number of piperazine rings is 1. The Bertz CT molecular complexity index is 331. The maximum absolute atomic E-state index is 12.1. The van der Waals surface area contributed by atoms with Gasteiger partial charge >= 0.3 is 6.09 Å². The number of hydrogen-bond donors (Lipinski definition) is 1. The molecule has 0 aliphatic carbocycles. The summed E-state index contributed by atoms with van der Waals surface area (Å²) < 4.78 is 5.48. The molecular formula is C15H31Cl2N3O2. The molecule has 1 atom stereocenters. The fourth-order valence-electron chi connectivity index (χ4n) is 2.97. The van der Waals surface area contributed by atoms with Gasteiger partial charge in [-0.05, 0) is 39.5 Å². The molecule has 5 nitrogen and oxygen atoms in total. The first kappa shape index (κ1) is 21.8. The molecule has 2 aliphatic rings. The van der Waals surface area contributed by atoms with Crippen molar-refractivity contribution in [2.24, 2.45) is 5.92 Å². The van der Waals surface area contributed by atoms with Gasteiger partial charge in [0.05, 0.1) is 0 Å². The molecule has 0 aromatic rings. The minimum atomic E-state index is -0.400. The number of likely N-dealkylation sites (tertiary alicyclic amines) is 1. The van der Waals surface area contributed by atoms with Crippen LogP contribution in [0.1, 0.15) is 33.6 Å². The van der Waals surface area contributed by atoms with Crippen molar-refractivity contribution in [2.45, 2.75) is 39.2 Å². The number of rotatable bonds is 2. The van der Waals surface area contributed by atoms with E-state index in [0.717, 1.165) is 52.2 Å². The van der Waals surface area contributed by atoms with Crippen LogP contribution in [0, 0.1) is 5.92 Å². The zero-order valence-corrected chi connectivity index (χ0v) is 15.6. The maximum Gasteiger partial charge on any atom is 0.410 e. The molecule has 2 rings (SSSR count). The van der Waals surface area contributed by atoms with Crippen molar-refractivity contribution in [1.29, 1.82) is 0 Å². The Hall–Kier alpha value is -0.230. The number of halogens is 2. The SMILES string of the molecule is CC(C)(C)OC(=O)N1CCCC(CN2CCNCC2)C1.Cl.Cl. The number of carbonyl (C=O) groups is 1. The van der Waals surface area contributed by atoms with Crippen LogP contribution in [0.25, 0.3) is 0 Å². The smallest absolute Gasteiger partial charge is 0.410 e. The summed E-state index contributed by atoms with van der Waals surface area (Å²) in [6, 6.07) is 0. The number of hydrogen-bond acceptors (Lipinski definition) is 4. The van der Waals surface area contributed by atoms with Crippen LogP contribution in [0.3, 0.4) is 0 Å². The second-order valence-electron chi connectivity index (χ2n) is 6.99. The monoisotopic (exact) mass is 355 g/mol. The van der Waals surface area contributed by atoms with E-state index in [9.17, 15) is 4.79 Å². The lowest BCUT2D eigenvalue weighted by molar-refractivity contribution is 0.0142. The van der Waals surface area contributed by atoms with Crippen molar-refractivity contribution in [3.8, 4) is 0 Å². The van der Waals surface area contributed by atoms with Crippen LogP contribution in [-0.4, -0.2) is 67.3 Å². The summed E-state index contributed by atoms with van der Waals surface area (Å²) in [6.45, 7) is 13.0. The summed E-state index contributed by atoms with van der Waals surface area (Å²) in [7, 11) is 0. The number of nitrogens with zero attached hydrogens (tertiary/aromatic N) is 2. The van der Waals surface area contributed by atoms with E-state index in [0.29, 0.717) is 5.92 Å². The number of ether oxygens (including phenoxy) is 1. The fraction of sp³-hybridized carbons (Fsp3) is 0.933. The van der Waals surface area contributed by atoms with E-state index in [1.165, 1.54) is 6.42 Å². The number of nitrogens with one attached hydrogen (secondary N) is 1. The topological polar surface area (TPSA) is 44.8 Å². The summed E-state index contributed by atoms with van der Waals surface area (Å²) in [5.74, 6) is 0.592. The Labute approximate surface area is 146 Å². The van der Waals surface area contributed by atoms with Crippen molar-refractivity contribution < 1.29 is 9.53 Å². The van der Waals surface area contributed by atoms with Gasteiger partial charge < -0.3 is 19.9 Å². The molecule has 0 aromatic carbocycles. The van der Waals surface area contributed by atoms with Crippen LogP contribution in [-0.2, 0) is 4.74 Å². The molecular weight excluding hydrogens is 325 g/mol. The van der Waals surface area contributed by atoms with E-state index < -0.39 is 5.60 Å². The summed E-state index contributed by atoms with van der Waals surface area (Å²) >= 11 is 0. The molecule has 2 heterocycles. The van der Waals surface area contributed by atoms with E-state index in [4.69, 9.17) is 4.74 Å². The number of carbonyl (C=O) groups excluding carboxylic acids is 1. The van der Waals surface area contributed by atoms with Crippen molar-refractivity contribution in [2.75, 3.05) is 45.8 Å². The van der Waals surface area contributed by atoms with E-state index >= 15 is 0 Å². The van der Waals surface area contributed by atoms with E-state index in [1.807, 2.05) is 25.7 Å². The molecule has 2 saturated heterocycles. The van der Waals surface area contributed by atoms with Gasteiger partial charge in [-0.1, -0.05) is 0 Å². The van der Waals surface area contributed by atoms with Gasteiger partial charge in [0.15, 0.2) is 0 Å². The molecule has 0 spiro atoms. The Morgan fingerprint density at radius 3 is 2.41 bits per heavy atom. The predicted octanol–water partition coefficient (Wildman–Crippen LogP) is 2.38. The minimum Gasteiger partial charge on any atom is -0.444 e. The third-order valence-corrected chi connectivity index (χ3v) is 3.90. The van der Waals surface area contributed by atoms with Crippen molar-refractivity contribution in [3.63, 3.8) is 0 Å². The van der Waals surface area contributed by atoms with E-state index in [1.54, 1.807) is 0 Å². The Morgan fingerprint density at radius 1 is 1.18 bits per heavy atom. The first-order valence-corrected chi connectivity index (χ1v) is 7.85. The highest BCUT2D eigenvalue weighted by molar-refractivity contribution is 5.85. The van der Waals surface area contributed by atoms with Gasteiger partial charge in [0, 0.05) is 45.8 Å². The molecule has 22 heavy (non-hydrogen) atoms. The van der Waals surface area contributed by atoms with Gasteiger partial charge in [0.2, 0.25) is 0 Å². The van der Waals surface area contributed by atoms with Crippen LogP contribution >= 0.6 is 24.8 Å². The van der Waals surface area contributed by atoms with Crippen molar-refractivity contribution >= 4 is 30.9 Å². The summed E-state index contributed by atoms with van der Waals surface area (Å²) in [5, 5.41) is 3.38. The molecule has 7 heteroatoms. The average molecular weight is 356 g/mol. The normalized spacial score (nSPS) is 23.2. The van der Waals surface area contributed by atoms with Gasteiger partial charge in [-0.2, -0.15) is 0 Å². The predicted molar refractivity (Wildman–Crippen MR) is 94.3 cm³/mol. The summed E-state index contributed by atoms with van der Waals surface area (Å²) in [5.41, 5.74) is -0.400. The zero-order valence-electron chi connectivity index (χ0n) is 14.0. The molecule has 132 valence electrons. The molecule has 0 bridgehead atoms. The average Bonchev–Trinajstić information content (AvgIpc) is 2.38. The van der Waals surface area contributed by atoms with Gasteiger partial charge in [-0.15, -0.1) is 24.8 Å². The van der Waals surface area contributed by atoms with Crippen LogP contribution < -0.4 is 5.32 Å².